The predicted molar refractivity (Wildman–Crippen MR) is 112 cm³/mol. The Kier molecular flexibility index (Phi) is 6.10. The van der Waals surface area contributed by atoms with E-state index in [9.17, 15) is 4.79 Å². The molecule has 6 nitrogen and oxygen atoms in total. The zero-order valence-corrected chi connectivity index (χ0v) is 16.8. The number of nitrogens with one attached hydrogen (secondary N) is 1. The molecule has 0 unspecified atom stereocenters. The third kappa shape index (κ3) is 4.95. The van der Waals surface area contributed by atoms with E-state index in [4.69, 9.17) is 9.26 Å². The molecular weight excluding hydrogens is 366 g/mol. The van der Waals surface area contributed by atoms with E-state index in [1.165, 1.54) is 25.5 Å². The normalized spacial score (nSPS) is 15.5. The molecule has 0 spiro atoms. The second-order valence-electron chi connectivity index (χ2n) is 7.67. The summed E-state index contributed by atoms with van der Waals surface area (Å²) in [4.78, 5) is 13.9. The lowest BCUT2D eigenvalue weighted by atomic mass is 9.91. The van der Waals surface area contributed by atoms with Crippen LogP contribution < -0.4 is 10.1 Å². The lowest BCUT2D eigenvalue weighted by Crippen LogP contribution is -2.33. The van der Waals surface area contributed by atoms with Gasteiger partial charge in [-0.25, -0.2) is 4.79 Å². The number of amides is 1. The van der Waals surface area contributed by atoms with E-state index in [1.807, 2.05) is 6.07 Å². The van der Waals surface area contributed by atoms with Crippen LogP contribution in [0.15, 0.2) is 53.1 Å². The van der Waals surface area contributed by atoms with Crippen molar-refractivity contribution in [2.45, 2.75) is 32.2 Å². The van der Waals surface area contributed by atoms with Gasteiger partial charge in [0.25, 0.3) is 0 Å². The fourth-order valence-corrected chi connectivity index (χ4v) is 3.99. The standard InChI is InChI=1S/C23H27N3O3/c1-24-23(27)28-19-8-9-20-21(25-29-22(20)15-19)10-7-17-11-13-26(14-12-17)16-18-5-3-2-4-6-18/h2-6,8-9,15,17H,7,10-14,16H2,1H3,(H,24,27). The Bertz CT molecular complexity index is 946. The molecule has 1 saturated heterocycles. The summed E-state index contributed by atoms with van der Waals surface area (Å²) in [5.74, 6) is 1.18. The molecule has 1 aliphatic heterocycles. The van der Waals surface area contributed by atoms with Gasteiger partial charge < -0.3 is 14.6 Å². The quantitative estimate of drug-likeness (QED) is 0.673. The zero-order chi connectivity index (χ0) is 20.1. The minimum Gasteiger partial charge on any atom is -0.410 e. The number of rotatable bonds is 6. The number of fused-ring (bicyclic) bond motifs is 1. The molecule has 2 heterocycles. The van der Waals surface area contributed by atoms with Crippen LogP contribution in [0.1, 0.15) is 30.5 Å². The summed E-state index contributed by atoms with van der Waals surface area (Å²) in [7, 11) is 1.53. The van der Waals surface area contributed by atoms with E-state index in [0.29, 0.717) is 11.3 Å². The first-order valence-electron chi connectivity index (χ1n) is 10.3. The fraction of sp³-hybridized carbons (Fsp3) is 0.391. The number of carbonyl (C=O) groups excluding carboxylic acids is 1. The van der Waals surface area contributed by atoms with Crippen molar-refractivity contribution in [1.29, 1.82) is 0 Å². The molecule has 2 aromatic carbocycles. The van der Waals surface area contributed by atoms with Crippen molar-refractivity contribution in [3.05, 3.63) is 59.8 Å². The molecular formula is C23H27N3O3. The van der Waals surface area contributed by atoms with Crippen molar-refractivity contribution >= 4 is 17.1 Å². The second kappa shape index (κ2) is 9.09. The van der Waals surface area contributed by atoms with Gasteiger partial charge in [-0.3, -0.25) is 4.90 Å². The molecule has 0 bridgehead atoms. The molecule has 1 amide bonds. The highest BCUT2D eigenvalue weighted by Crippen LogP contribution is 2.28. The average molecular weight is 393 g/mol. The van der Waals surface area contributed by atoms with E-state index in [-0.39, 0.29) is 0 Å². The number of carbonyl (C=O) groups is 1. The van der Waals surface area contributed by atoms with Crippen LogP contribution in [0.3, 0.4) is 0 Å². The summed E-state index contributed by atoms with van der Waals surface area (Å²) >= 11 is 0. The topological polar surface area (TPSA) is 67.6 Å². The van der Waals surface area contributed by atoms with Gasteiger partial charge in [-0.05, 0) is 62.4 Å². The van der Waals surface area contributed by atoms with Crippen molar-refractivity contribution in [3.63, 3.8) is 0 Å². The smallest absolute Gasteiger partial charge is 0.410 e. The van der Waals surface area contributed by atoms with Gasteiger partial charge in [0, 0.05) is 25.0 Å². The van der Waals surface area contributed by atoms with E-state index in [2.05, 4.69) is 45.7 Å². The van der Waals surface area contributed by atoms with E-state index in [0.717, 1.165) is 49.5 Å². The minimum atomic E-state index is -0.498. The molecule has 0 atom stereocenters. The van der Waals surface area contributed by atoms with Crippen LogP contribution in [0, 0.1) is 5.92 Å². The van der Waals surface area contributed by atoms with Crippen molar-refractivity contribution < 1.29 is 14.1 Å². The summed E-state index contributed by atoms with van der Waals surface area (Å²) in [5.41, 5.74) is 3.03. The van der Waals surface area contributed by atoms with Crippen LogP contribution in [0.5, 0.6) is 5.75 Å². The summed E-state index contributed by atoms with van der Waals surface area (Å²) in [6.07, 6.45) is 3.99. The average Bonchev–Trinajstić information content (AvgIpc) is 3.16. The largest absolute Gasteiger partial charge is 0.412 e. The maximum atomic E-state index is 11.3. The number of ether oxygens (including phenoxy) is 1. The van der Waals surface area contributed by atoms with Crippen LogP contribution in [-0.4, -0.2) is 36.3 Å². The van der Waals surface area contributed by atoms with Gasteiger partial charge in [0.1, 0.15) is 5.75 Å². The summed E-state index contributed by atoms with van der Waals surface area (Å²) < 4.78 is 10.6. The first kappa shape index (κ1) is 19.5. The third-order valence-corrected chi connectivity index (χ3v) is 5.68. The van der Waals surface area contributed by atoms with Gasteiger partial charge in [0.05, 0.1) is 5.69 Å². The Balaban J connectivity index is 1.28. The van der Waals surface area contributed by atoms with Crippen LogP contribution in [0.2, 0.25) is 0 Å². The van der Waals surface area contributed by atoms with Crippen molar-refractivity contribution in [2.24, 2.45) is 5.92 Å². The van der Waals surface area contributed by atoms with Gasteiger partial charge in [-0.1, -0.05) is 35.5 Å². The molecule has 3 aromatic rings. The highest BCUT2D eigenvalue weighted by Gasteiger charge is 2.20. The number of hydrogen-bond acceptors (Lipinski definition) is 5. The van der Waals surface area contributed by atoms with Gasteiger partial charge in [-0.15, -0.1) is 0 Å². The third-order valence-electron chi connectivity index (χ3n) is 5.68. The number of benzene rings is 2. The van der Waals surface area contributed by atoms with Gasteiger partial charge in [0.15, 0.2) is 5.58 Å². The van der Waals surface area contributed by atoms with Gasteiger partial charge in [-0.2, -0.15) is 0 Å². The molecule has 1 N–H and O–H groups in total. The zero-order valence-electron chi connectivity index (χ0n) is 16.8. The molecule has 1 aromatic heterocycles. The number of hydrogen-bond donors (Lipinski definition) is 1. The minimum absolute atomic E-state index is 0.449. The summed E-state index contributed by atoms with van der Waals surface area (Å²) in [5, 5.41) is 7.67. The van der Waals surface area contributed by atoms with Crippen LogP contribution >= 0.6 is 0 Å². The maximum absolute atomic E-state index is 11.3. The van der Waals surface area contributed by atoms with Crippen molar-refractivity contribution in [2.75, 3.05) is 20.1 Å². The molecule has 29 heavy (non-hydrogen) atoms. The number of likely N-dealkylation sites (tertiary alicyclic amines) is 1. The van der Waals surface area contributed by atoms with E-state index >= 15 is 0 Å². The van der Waals surface area contributed by atoms with Gasteiger partial charge >= 0.3 is 6.09 Å². The first-order valence-corrected chi connectivity index (χ1v) is 10.3. The van der Waals surface area contributed by atoms with Crippen LogP contribution in [-0.2, 0) is 13.0 Å². The van der Waals surface area contributed by atoms with Crippen molar-refractivity contribution in [1.82, 2.24) is 15.4 Å². The number of aromatic nitrogens is 1. The molecule has 0 aliphatic carbocycles. The lowest BCUT2D eigenvalue weighted by Gasteiger charge is -2.31. The van der Waals surface area contributed by atoms with Crippen LogP contribution in [0.25, 0.3) is 11.0 Å². The molecule has 6 heteroatoms. The highest BCUT2D eigenvalue weighted by molar-refractivity contribution is 5.82. The Hall–Kier alpha value is -2.86. The molecule has 1 aliphatic rings. The number of aryl methyl sites for hydroxylation is 1. The monoisotopic (exact) mass is 393 g/mol. The first-order chi connectivity index (χ1) is 14.2. The Morgan fingerprint density at radius 2 is 2.00 bits per heavy atom. The number of nitrogens with zero attached hydrogens (tertiary/aromatic N) is 2. The Morgan fingerprint density at radius 3 is 2.76 bits per heavy atom. The second-order valence-corrected chi connectivity index (χ2v) is 7.67. The molecule has 0 saturated carbocycles. The summed E-state index contributed by atoms with van der Waals surface area (Å²) in [6, 6.07) is 16.1. The Labute approximate surface area is 170 Å². The molecule has 1 fully saturated rings. The summed E-state index contributed by atoms with van der Waals surface area (Å²) in [6.45, 7) is 3.35. The number of piperidine rings is 1. The van der Waals surface area contributed by atoms with Crippen molar-refractivity contribution in [3.8, 4) is 5.75 Å². The molecule has 0 radical (unpaired) electrons. The van der Waals surface area contributed by atoms with Gasteiger partial charge in [0.2, 0.25) is 0 Å². The SMILES string of the molecule is CNC(=O)Oc1ccc2c(CCC3CCN(Cc4ccccc4)CC3)noc2c1. The lowest BCUT2D eigenvalue weighted by molar-refractivity contribution is 0.172. The molecule has 152 valence electrons. The maximum Gasteiger partial charge on any atom is 0.412 e. The van der Waals surface area contributed by atoms with Crippen LogP contribution in [0.4, 0.5) is 4.79 Å². The fourth-order valence-electron chi connectivity index (χ4n) is 3.99. The predicted octanol–water partition coefficient (Wildman–Crippen LogP) is 4.39. The molecule has 4 rings (SSSR count). The highest BCUT2D eigenvalue weighted by atomic mass is 16.6. The van der Waals surface area contributed by atoms with E-state index < -0.39 is 6.09 Å². The Morgan fingerprint density at radius 1 is 1.21 bits per heavy atom. The van der Waals surface area contributed by atoms with E-state index in [1.54, 1.807) is 12.1 Å².